The van der Waals surface area contributed by atoms with Gasteiger partial charge < -0.3 is 15.2 Å². The summed E-state index contributed by atoms with van der Waals surface area (Å²) in [6.07, 6.45) is -0.445. The molecule has 0 saturated carbocycles. The van der Waals surface area contributed by atoms with Gasteiger partial charge in [-0.2, -0.15) is 0 Å². The van der Waals surface area contributed by atoms with Crippen LogP contribution < -0.4 is 5.32 Å². The molecule has 0 unspecified atom stereocenters. The summed E-state index contributed by atoms with van der Waals surface area (Å²) in [4.78, 5) is 24.0. The van der Waals surface area contributed by atoms with Gasteiger partial charge in [0.15, 0.2) is 0 Å². The first kappa shape index (κ1) is 19.2. The smallest absolute Gasteiger partial charge is 0.328 e. The Hall–Kier alpha value is -1.88. The third-order valence-corrected chi connectivity index (χ3v) is 3.81. The SMILES string of the molecule is COC(=O)[C@@H](Cc1ccc(C)c(C)c1)NC(=O)[C@H](O)CC(C)C. The van der Waals surface area contributed by atoms with E-state index in [1.54, 1.807) is 0 Å². The van der Waals surface area contributed by atoms with Crippen molar-refractivity contribution >= 4 is 11.9 Å². The highest BCUT2D eigenvalue weighted by Crippen LogP contribution is 2.13. The number of aliphatic hydroxyl groups excluding tert-OH is 1. The van der Waals surface area contributed by atoms with Crippen LogP contribution in [0.4, 0.5) is 0 Å². The predicted octanol–water partition coefficient (Wildman–Crippen LogP) is 1.91. The van der Waals surface area contributed by atoms with E-state index in [0.29, 0.717) is 12.8 Å². The van der Waals surface area contributed by atoms with Gasteiger partial charge in [0.25, 0.3) is 0 Å². The van der Waals surface area contributed by atoms with Crippen LogP contribution in [0.15, 0.2) is 18.2 Å². The molecule has 0 aromatic heterocycles. The lowest BCUT2D eigenvalue weighted by Gasteiger charge is -2.20. The second kappa shape index (κ2) is 8.67. The molecule has 0 spiro atoms. The quantitative estimate of drug-likeness (QED) is 0.752. The summed E-state index contributed by atoms with van der Waals surface area (Å²) in [6.45, 7) is 7.85. The molecule has 1 aromatic rings. The van der Waals surface area contributed by atoms with Crippen molar-refractivity contribution < 1.29 is 19.4 Å². The van der Waals surface area contributed by atoms with Crippen molar-refractivity contribution in [2.75, 3.05) is 7.11 Å². The molecule has 0 aliphatic rings. The highest BCUT2D eigenvalue weighted by molar-refractivity contribution is 5.87. The fourth-order valence-electron chi connectivity index (χ4n) is 2.32. The Morgan fingerprint density at radius 1 is 1.22 bits per heavy atom. The lowest BCUT2D eigenvalue weighted by molar-refractivity contribution is -0.146. The van der Waals surface area contributed by atoms with Gasteiger partial charge in [0.05, 0.1) is 7.11 Å². The lowest BCUT2D eigenvalue weighted by atomic mass is 10.00. The van der Waals surface area contributed by atoms with E-state index in [1.807, 2.05) is 45.9 Å². The number of carbonyl (C=O) groups is 2. The number of nitrogens with one attached hydrogen (secondary N) is 1. The van der Waals surface area contributed by atoms with Crippen LogP contribution in [0, 0.1) is 19.8 Å². The van der Waals surface area contributed by atoms with Gasteiger partial charge in [-0.15, -0.1) is 0 Å². The van der Waals surface area contributed by atoms with Gasteiger partial charge in [0.1, 0.15) is 12.1 Å². The van der Waals surface area contributed by atoms with Gasteiger partial charge >= 0.3 is 5.97 Å². The Labute approximate surface area is 138 Å². The molecule has 23 heavy (non-hydrogen) atoms. The minimum Gasteiger partial charge on any atom is -0.467 e. The molecule has 0 aliphatic carbocycles. The number of methoxy groups -OCH3 is 1. The molecule has 1 aromatic carbocycles. The number of rotatable bonds is 7. The first-order valence-corrected chi connectivity index (χ1v) is 7.87. The fourth-order valence-corrected chi connectivity index (χ4v) is 2.32. The molecular formula is C18H27NO4. The third kappa shape index (κ3) is 6.02. The summed E-state index contributed by atoms with van der Waals surface area (Å²) in [5.74, 6) is -0.877. The topological polar surface area (TPSA) is 75.6 Å². The number of benzene rings is 1. The Morgan fingerprint density at radius 2 is 1.87 bits per heavy atom. The molecule has 2 atom stereocenters. The van der Waals surface area contributed by atoms with Crippen LogP contribution in [0.5, 0.6) is 0 Å². The summed E-state index contributed by atoms with van der Waals surface area (Å²) < 4.78 is 4.76. The molecule has 1 rings (SSSR count). The Morgan fingerprint density at radius 3 is 2.39 bits per heavy atom. The summed E-state index contributed by atoms with van der Waals surface area (Å²) in [5.41, 5.74) is 3.22. The van der Waals surface area contributed by atoms with Crippen LogP contribution >= 0.6 is 0 Å². The largest absolute Gasteiger partial charge is 0.467 e. The number of hydrogen-bond acceptors (Lipinski definition) is 4. The number of hydrogen-bond donors (Lipinski definition) is 2. The van der Waals surface area contributed by atoms with Gasteiger partial charge in [0, 0.05) is 6.42 Å². The first-order valence-electron chi connectivity index (χ1n) is 7.87. The van der Waals surface area contributed by atoms with Crippen LogP contribution in [-0.4, -0.2) is 36.2 Å². The molecule has 0 radical (unpaired) electrons. The normalized spacial score (nSPS) is 13.5. The number of amides is 1. The van der Waals surface area contributed by atoms with Gasteiger partial charge in [-0.1, -0.05) is 32.0 Å². The zero-order valence-corrected chi connectivity index (χ0v) is 14.6. The highest BCUT2D eigenvalue weighted by atomic mass is 16.5. The summed E-state index contributed by atoms with van der Waals surface area (Å²) in [5, 5.41) is 12.5. The minimum absolute atomic E-state index is 0.187. The van der Waals surface area contributed by atoms with Crippen molar-refractivity contribution in [3.8, 4) is 0 Å². The maximum absolute atomic E-state index is 12.1. The molecule has 0 aliphatic heterocycles. The standard InChI is InChI=1S/C18H27NO4/c1-11(2)8-16(20)17(21)19-15(18(22)23-5)10-14-7-6-12(3)13(4)9-14/h6-7,9,11,15-16,20H,8,10H2,1-5H3,(H,19,21)/t15-,16-/m1/s1. The molecular weight excluding hydrogens is 294 g/mol. The predicted molar refractivity (Wildman–Crippen MR) is 89.0 cm³/mol. The van der Waals surface area contributed by atoms with Gasteiger partial charge in [-0.05, 0) is 42.9 Å². The molecule has 0 heterocycles. The van der Waals surface area contributed by atoms with Crippen LogP contribution in [0.1, 0.15) is 37.0 Å². The molecule has 0 saturated heterocycles. The fraction of sp³-hybridized carbons (Fsp3) is 0.556. The van der Waals surface area contributed by atoms with E-state index in [4.69, 9.17) is 4.74 Å². The first-order chi connectivity index (χ1) is 10.7. The van der Waals surface area contributed by atoms with Crippen molar-refractivity contribution in [2.45, 2.75) is 52.7 Å². The van der Waals surface area contributed by atoms with Gasteiger partial charge in [-0.3, -0.25) is 4.79 Å². The van der Waals surface area contributed by atoms with Crippen molar-refractivity contribution in [1.29, 1.82) is 0 Å². The van der Waals surface area contributed by atoms with Crippen molar-refractivity contribution in [2.24, 2.45) is 5.92 Å². The van der Waals surface area contributed by atoms with Crippen molar-refractivity contribution in [3.05, 3.63) is 34.9 Å². The highest BCUT2D eigenvalue weighted by Gasteiger charge is 2.25. The molecule has 5 heteroatoms. The number of esters is 1. The van der Waals surface area contributed by atoms with E-state index in [2.05, 4.69) is 5.32 Å². The van der Waals surface area contributed by atoms with Crippen LogP contribution in [0.25, 0.3) is 0 Å². The number of aliphatic hydroxyl groups is 1. The Kier molecular flexibility index (Phi) is 7.23. The molecule has 1 amide bonds. The number of carbonyl (C=O) groups excluding carboxylic acids is 2. The van der Waals surface area contributed by atoms with Crippen LogP contribution in [-0.2, 0) is 20.7 Å². The average Bonchev–Trinajstić information content (AvgIpc) is 2.48. The second-order valence-corrected chi connectivity index (χ2v) is 6.35. The second-order valence-electron chi connectivity index (χ2n) is 6.35. The van der Waals surface area contributed by atoms with E-state index in [0.717, 1.165) is 11.1 Å². The summed E-state index contributed by atoms with van der Waals surface area (Å²) in [7, 11) is 1.28. The summed E-state index contributed by atoms with van der Waals surface area (Å²) in [6, 6.07) is 5.09. The van der Waals surface area contributed by atoms with Gasteiger partial charge in [-0.25, -0.2) is 4.79 Å². The zero-order chi connectivity index (χ0) is 17.6. The van der Waals surface area contributed by atoms with Gasteiger partial charge in [0.2, 0.25) is 5.91 Å². The number of ether oxygens (including phenoxy) is 1. The third-order valence-electron chi connectivity index (χ3n) is 3.81. The molecule has 128 valence electrons. The monoisotopic (exact) mass is 321 g/mol. The van der Waals surface area contributed by atoms with Crippen molar-refractivity contribution in [1.82, 2.24) is 5.32 Å². The van der Waals surface area contributed by atoms with Crippen molar-refractivity contribution in [3.63, 3.8) is 0 Å². The molecule has 2 N–H and O–H groups in total. The maximum atomic E-state index is 12.1. The zero-order valence-electron chi connectivity index (χ0n) is 14.6. The van der Waals surface area contributed by atoms with E-state index < -0.39 is 24.0 Å². The Balaban J connectivity index is 2.82. The number of aryl methyl sites for hydroxylation is 2. The van der Waals surface area contributed by atoms with Crippen LogP contribution in [0.2, 0.25) is 0 Å². The lowest BCUT2D eigenvalue weighted by Crippen LogP contribution is -2.47. The molecule has 0 bridgehead atoms. The maximum Gasteiger partial charge on any atom is 0.328 e. The summed E-state index contributed by atoms with van der Waals surface area (Å²) >= 11 is 0. The van der Waals surface area contributed by atoms with E-state index in [-0.39, 0.29) is 5.92 Å². The molecule has 5 nitrogen and oxygen atoms in total. The van der Waals surface area contributed by atoms with E-state index >= 15 is 0 Å². The van der Waals surface area contributed by atoms with E-state index in [1.165, 1.54) is 12.7 Å². The van der Waals surface area contributed by atoms with Crippen LogP contribution in [0.3, 0.4) is 0 Å². The van der Waals surface area contributed by atoms with E-state index in [9.17, 15) is 14.7 Å². The minimum atomic E-state index is -1.12. The molecule has 0 fully saturated rings. The Bertz CT molecular complexity index is 554. The average molecular weight is 321 g/mol.